The molecular weight excluding hydrogens is 429 g/mol. The number of rotatable bonds is 7. The molecule has 1 aliphatic rings. The minimum Gasteiger partial charge on any atom is -0.393 e. The first-order valence-electron chi connectivity index (χ1n) is 8.70. The Morgan fingerprint density at radius 3 is 2.46 bits per heavy atom. The minimum absolute atomic E-state index is 0.195. The second-order valence-corrected chi connectivity index (χ2v) is 9.24. The van der Waals surface area contributed by atoms with Crippen molar-refractivity contribution in [2.45, 2.75) is 41.1 Å². The first kappa shape index (κ1) is 23.4. The predicted octanol–water partition coefficient (Wildman–Crippen LogP) is 2.41. The second-order valence-electron chi connectivity index (χ2n) is 6.95. The van der Waals surface area contributed by atoms with E-state index in [-0.39, 0.29) is 13.0 Å². The predicted molar refractivity (Wildman–Crippen MR) is 108 cm³/mol. The van der Waals surface area contributed by atoms with E-state index in [1.807, 2.05) is 30.3 Å². The van der Waals surface area contributed by atoms with E-state index < -0.39 is 39.6 Å². The number of nitrogens with zero attached hydrogens (tertiary/aromatic N) is 1. The number of hydrogen-bond donors (Lipinski definition) is 3. The van der Waals surface area contributed by atoms with Gasteiger partial charge in [-0.25, -0.2) is 0 Å². The summed E-state index contributed by atoms with van der Waals surface area (Å²) in [6.07, 6.45) is -0.126. The molecule has 2 rings (SSSR count). The van der Waals surface area contributed by atoms with Crippen molar-refractivity contribution in [3.8, 4) is 0 Å². The largest absolute Gasteiger partial charge is 0.393 e. The summed E-state index contributed by atoms with van der Waals surface area (Å²) in [4.78, 5) is 13.4. The molecule has 0 aliphatic carbocycles. The molecular formula is C19H24Cl3NO5. The molecule has 0 bridgehead atoms. The van der Waals surface area contributed by atoms with E-state index in [1.54, 1.807) is 0 Å². The molecule has 0 spiro atoms. The summed E-state index contributed by atoms with van der Waals surface area (Å²) in [5.74, 6) is -1.93. The fourth-order valence-electron chi connectivity index (χ4n) is 3.72. The van der Waals surface area contributed by atoms with Crippen molar-refractivity contribution in [2.75, 3.05) is 13.2 Å². The Morgan fingerprint density at radius 2 is 1.96 bits per heavy atom. The topological polar surface area (TPSA) is 90.2 Å². The number of carbonyl (C=O) groups excluding carboxylic acids is 1. The lowest BCUT2D eigenvalue weighted by Gasteiger charge is -2.43. The Bertz CT molecular complexity index is 695. The summed E-state index contributed by atoms with van der Waals surface area (Å²) in [6.45, 7) is 4.86. The van der Waals surface area contributed by atoms with Gasteiger partial charge in [0.15, 0.2) is 0 Å². The lowest BCUT2D eigenvalue weighted by Crippen LogP contribution is -2.62. The Labute approximate surface area is 179 Å². The van der Waals surface area contributed by atoms with Crippen molar-refractivity contribution in [1.29, 1.82) is 0 Å². The lowest BCUT2D eigenvalue weighted by atomic mass is 9.75. The Hall–Kier alpha value is -0.860. The number of aliphatic hydroxyl groups is 3. The molecule has 0 saturated carbocycles. The molecule has 1 unspecified atom stereocenters. The van der Waals surface area contributed by atoms with Gasteiger partial charge in [-0.05, 0) is 18.9 Å². The van der Waals surface area contributed by atoms with Crippen molar-refractivity contribution < 1.29 is 24.9 Å². The molecule has 1 fully saturated rings. The van der Waals surface area contributed by atoms with Crippen LogP contribution in [0.4, 0.5) is 0 Å². The van der Waals surface area contributed by atoms with E-state index in [9.17, 15) is 20.1 Å². The molecule has 0 aromatic heterocycles. The third-order valence-corrected chi connectivity index (χ3v) is 5.86. The maximum atomic E-state index is 12.6. The fourth-order valence-corrected chi connectivity index (χ4v) is 3.99. The number of ether oxygens (including phenoxy) is 1. The molecule has 1 heterocycles. The van der Waals surface area contributed by atoms with Gasteiger partial charge in [-0.1, -0.05) is 71.2 Å². The number of aliphatic hydroxyl groups excluding tert-OH is 2. The van der Waals surface area contributed by atoms with E-state index in [0.29, 0.717) is 6.61 Å². The van der Waals surface area contributed by atoms with Crippen LogP contribution in [0.25, 0.3) is 0 Å². The van der Waals surface area contributed by atoms with E-state index in [1.165, 1.54) is 13.0 Å². The van der Waals surface area contributed by atoms with Gasteiger partial charge in [0.05, 0.1) is 18.8 Å². The minimum atomic E-state index is -2.38. The van der Waals surface area contributed by atoms with Crippen LogP contribution in [-0.2, 0) is 16.1 Å². The summed E-state index contributed by atoms with van der Waals surface area (Å²) >= 11 is 17.1. The maximum Gasteiger partial charge on any atom is 0.277 e. The average Bonchev–Trinajstić information content (AvgIpc) is 2.81. The second kappa shape index (κ2) is 8.88. The molecule has 0 radical (unpaired) electrons. The van der Waals surface area contributed by atoms with Crippen LogP contribution in [0.5, 0.6) is 0 Å². The van der Waals surface area contributed by atoms with Crippen molar-refractivity contribution >= 4 is 40.7 Å². The smallest absolute Gasteiger partial charge is 0.277 e. The van der Waals surface area contributed by atoms with Gasteiger partial charge in [0.25, 0.3) is 9.70 Å². The van der Waals surface area contributed by atoms with E-state index in [0.717, 1.165) is 10.5 Å². The highest BCUT2D eigenvalue weighted by Crippen LogP contribution is 2.49. The highest BCUT2D eigenvalue weighted by molar-refractivity contribution is 6.76. The lowest BCUT2D eigenvalue weighted by molar-refractivity contribution is -0.149. The molecule has 3 N–H and O–H groups in total. The number of hydrogen-bond acceptors (Lipinski definition) is 5. The summed E-state index contributed by atoms with van der Waals surface area (Å²) in [5, 5.41) is 31.9. The standard InChI is InChI=1S/C19H24Cl3NO5/c1-3-18(12-24)17(2,27)14(15(25)23(18)16(26)19(20,21)22)9-10-28-11-13-7-5-4-6-8-13/h3-8,14-15,24-25,27H,1,9-12H2,2H3/t14-,15?,17-,18-/m0/s1. The van der Waals surface area contributed by atoms with E-state index in [2.05, 4.69) is 6.58 Å². The van der Waals surface area contributed by atoms with Crippen molar-refractivity contribution in [2.24, 2.45) is 5.92 Å². The van der Waals surface area contributed by atoms with Crippen LogP contribution in [0.15, 0.2) is 43.0 Å². The highest BCUT2D eigenvalue weighted by atomic mass is 35.6. The molecule has 1 amide bonds. The number of likely N-dealkylation sites (tertiary alicyclic amines) is 1. The van der Waals surface area contributed by atoms with E-state index >= 15 is 0 Å². The van der Waals surface area contributed by atoms with Crippen LogP contribution in [0, 0.1) is 5.92 Å². The van der Waals surface area contributed by atoms with Gasteiger partial charge >= 0.3 is 0 Å². The van der Waals surface area contributed by atoms with Crippen LogP contribution >= 0.6 is 34.8 Å². The van der Waals surface area contributed by atoms with Crippen LogP contribution in [0.1, 0.15) is 18.9 Å². The SMILES string of the molecule is C=C[C@@]1(CO)N(C(=O)C(Cl)(Cl)Cl)C(O)[C@H](CCOCc2ccccc2)[C@]1(C)O. The third kappa shape index (κ3) is 4.19. The monoisotopic (exact) mass is 451 g/mol. The summed E-state index contributed by atoms with van der Waals surface area (Å²) < 4.78 is 3.25. The van der Waals surface area contributed by atoms with Gasteiger partial charge < -0.3 is 20.1 Å². The Morgan fingerprint density at radius 1 is 1.36 bits per heavy atom. The summed E-state index contributed by atoms with van der Waals surface area (Å²) in [5.41, 5.74) is -2.49. The number of amides is 1. The van der Waals surface area contributed by atoms with Crippen molar-refractivity contribution in [3.63, 3.8) is 0 Å². The first-order valence-corrected chi connectivity index (χ1v) is 9.83. The van der Waals surface area contributed by atoms with Gasteiger partial charge in [-0.15, -0.1) is 6.58 Å². The van der Waals surface area contributed by atoms with E-state index in [4.69, 9.17) is 39.5 Å². The van der Waals surface area contributed by atoms with Gasteiger partial charge in [-0.3, -0.25) is 9.69 Å². The highest BCUT2D eigenvalue weighted by Gasteiger charge is 2.66. The molecule has 28 heavy (non-hydrogen) atoms. The maximum absolute atomic E-state index is 12.6. The fraction of sp³-hybridized carbons (Fsp3) is 0.526. The molecule has 1 aliphatic heterocycles. The zero-order valence-electron chi connectivity index (χ0n) is 15.4. The quantitative estimate of drug-likeness (QED) is 0.336. The average molecular weight is 453 g/mol. The number of benzene rings is 1. The first-order chi connectivity index (χ1) is 13.0. The van der Waals surface area contributed by atoms with Gasteiger partial charge in [0.2, 0.25) is 0 Å². The molecule has 156 valence electrons. The van der Waals surface area contributed by atoms with Crippen LogP contribution in [0.3, 0.4) is 0 Å². The third-order valence-electron chi connectivity index (χ3n) is 5.38. The molecule has 1 saturated heterocycles. The number of alkyl halides is 3. The molecule has 9 heteroatoms. The Kier molecular flexibility index (Phi) is 7.42. The van der Waals surface area contributed by atoms with Crippen LogP contribution < -0.4 is 0 Å². The van der Waals surface area contributed by atoms with Crippen LogP contribution in [0.2, 0.25) is 0 Å². The van der Waals surface area contributed by atoms with Gasteiger partial charge in [0.1, 0.15) is 11.8 Å². The molecule has 1 aromatic carbocycles. The van der Waals surface area contributed by atoms with Crippen molar-refractivity contribution in [3.05, 3.63) is 48.6 Å². The molecule has 4 atom stereocenters. The normalized spacial score (nSPS) is 30.5. The number of halogens is 3. The number of carbonyl (C=O) groups is 1. The van der Waals surface area contributed by atoms with Crippen molar-refractivity contribution in [1.82, 2.24) is 4.90 Å². The van der Waals surface area contributed by atoms with Gasteiger partial charge in [-0.2, -0.15) is 0 Å². The summed E-state index contributed by atoms with van der Waals surface area (Å²) in [6, 6.07) is 9.51. The van der Waals surface area contributed by atoms with Crippen LogP contribution in [-0.4, -0.2) is 60.5 Å². The summed E-state index contributed by atoms with van der Waals surface area (Å²) in [7, 11) is 0. The zero-order valence-corrected chi connectivity index (χ0v) is 17.7. The zero-order chi connectivity index (χ0) is 21.2. The Balaban J connectivity index is 2.20. The molecule has 1 aromatic rings. The van der Waals surface area contributed by atoms with Gasteiger partial charge in [0, 0.05) is 12.5 Å². The molecule has 6 nitrogen and oxygen atoms in total.